The Morgan fingerprint density at radius 1 is 1.32 bits per heavy atom. The van der Waals surface area contributed by atoms with Crippen molar-refractivity contribution >= 4 is 11.6 Å². The SMILES string of the molecule is CCc1nn(C)c(CNCc2ccccc2O)c1Cl. The second-order valence-electron chi connectivity index (χ2n) is 4.42. The fraction of sp³-hybridized carbons (Fsp3) is 0.357. The van der Waals surface area contributed by atoms with E-state index in [0.717, 1.165) is 28.4 Å². The number of benzene rings is 1. The van der Waals surface area contributed by atoms with E-state index in [9.17, 15) is 5.11 Å². The number of aromatic hydroxyl groups is 1. The van der Waals surface area contributed by atoms with Crippen molar-refractivity contribution in [3.8, 4) is 5.75 Å². The topological polar surface area (TPSA) is 50.1 Å². The fourth-order valence-corrected chi connectivity index (χ4v) is 2.35. The third-order valence-electron chi connectivity index (χ3n) is 3.10. The van der Waals surface area contributed by atoms with Gasteiger partial charge in [0, 0.05) is 25.7 Å². The van der Waals surface area contributed by atoms with Crippen LogP contribution in [-0.4, -0.2) is 14.9 Å². The lowest BCUT2D eigenvalue weighted by atomic mass is 10.2. The van der Waals surface area contributed by atoms with E-state index in [0.29, 0.717) is 18.8 Å². The zero-order chi connectivity index (χ0) is 13.8. The highest BCUT2D eigenvalue weighted by atomic mass is 35.5. The summed E-state index contributed by atoms with van der Waals surface area (Å²) in [6.45, 7) is 3.25. The summed E-state index contributed by atoms with van der Waals surface area (Å²) >= 11 is 6.27. The van der Waals surface area contributed by atoms with Gasteiger partial charge in [0.2, 0.25) is 0 Å². The van der Waals surface area contributed by atoms with Gasteiger partial charge in [-0.1, -0.05) is 36.7 Å². The lowest BCUT2D eigenvalue weighted by Gasteiger charge is -2.07. The molecule has 0 saturated heterocycles. The lowest BCUT2D eigenvalue weighted by molar-refractivity contribution is 0.464. The van der Waals surface area contributed by atoms with E-state index in [1.54, 1.807) is 10.7 Å². The maximum atomic E-state index is 9.68. The van der Waals surface area contributed by atoms with Crippen LogP contribution in [0.2, 0.25) is 5.02 Å². The van der Waals surface area contributed by atoms with Gasteiger partial charge in [0.25, 0.3) is 0 Å². The van der Waals surface area contributed by atoms with Crippen molar-refractivity contribution in [2.45, 2.75) is 26.4 Å². The quantitative estimate of drug-likeness (QED) is 0.885. The van der Waals surface area contributed by atoms with Gasteiger partial charge >= 0.3 is 0 Å². The van der Waals surface area contributed by atoms with Gasteiger partial charge in [0.05, 0.1) is 16.4 Å². The van der Waals surface area contributed by atoms with Gasteiger partial charge < -0.3 is 10.4 Å². The molecule has 0 aliphatic carbocycles. The first-order valence-corrected chi connectivity index (χ1v) is 6.69. The minimum Gasteiger partial charge on any atom is -0.508 e. The predicted molar refractivity (Wildman–Crippen MR) is 76.2 cm³/mol. The Morgan fingerprint density at radius 3 is 2.68 bits per heavy atom. The molecule has 0 unspecified atom stereocenters. The molecule has 0 aliphatic heterocycles. The van der Waals surface area contributed by atoms with Crippen LogP contribution in [0.4, 0.5) is 0 Å². The first-order chi connectivity index (χ1) is 9.13. The molecule has 0 radical (unpaired) electrons. The second-order valence-corrected chi connectivity index (χ2v) is 4.79. The molecular weight excluding hydrogens is 262 g/mol. The van der Waals surface area contributed by atoms with Crippen LogP contribution in [0.25, 0.3) is 0 Å². The van der Waals surface area contributed by atoms with Crippen LogP contribution in [0.15, 0.2) is 24.3 Å². The van der Waals surface area contributed by atoms with E-state index in [1.165, 1.54) is 0 Å². The van der Waals surface area contributed by atoms with Crippen molar-refractivity contribution in [2.24, 2.45) is 7.05 Å². The maximum Gasteiger partial charge on any atom is 0.120 e. The van der Waals surface area contributed by atoms with Crippen LogP contribution >= 0.6 is 11.6 Å². The van der Waals surface area contributed by atoms with Crippen LogP contribution in [-0.2, 0) is 26.6 Å². The molecule has 0 bridgehead atoms. The predicted octanol–water partition coefficient (Wildman–Crippen LogP) is 2.63. The summed E-state index contributed by atoms with van der Waals surface area (Å²) in [5, 5.41) is 18.0. The van der Waals surface area contributed by atoms with Gasteiger partial charge in [-0.15, -0.1) is 0 Å². The number of phenolic OH excluding ortho intramolecular Hbond substituents is 1. The minimum atomic E-state index is 0.306. The number of aromatic nitrogens is 2. The molecule has 5 heteroatoms. The highest BCUT2D eigenvalue weighted by Crippen LogP contribution is 2.21. The van der Waals surface area contributed by atoms with Crippen molar-refractivity contribution in [2.75, 3.05) is 0 Å². The summed E-state index contributed by atoms with van der Waals surface area (Å²) in [4.78, 5) is 0. The average molecular weight is 280 g/mol. The first-order valence-electron chi connectivity index (χ1n) is 6.31. The smallest absolute Gasteiger partial charge is 0.120 e. The molecular formula is C14H18ClN3O. The Kier molecular flexibility index (Phi) is 4.45. The van der Waals surface area contributed by atoms with Crippen molar-refractivity contribution in [3.05, 3.63) is 46.2 Å². The van der Waals surface area contributed by atoms with Gasteiger partial charge in [0.1, 0.15) is 5.75 Å². The standard InChI is InChI=1S/C14H18ClN3O/c1-3-11-14(15)12(18(2)17-11)9-16-8-10-6-4-5-7-13(10)19/h4-7,16,19H,3,8-9H2,1-2H3. The summed E-state index contributed by atoms with van der Waals surface area (Å²) < 4.78 is 1.80. The Bertz CT molecular complexity index is 566. The number of rotatable bonds is 5. The van der Waals surface area contributed by atoms with Crippen LogP contribution in [0, 0.1) is 0 Å². The van der Waals surface area contributed by atoms with E-state index in [2.05, 4.69) is 10.4 Å². The monoisotopic (exact) mass is 279 g/mol. The molecule has 19 heavy (non-hydrogen) atoms. The fourth-order valence-electron chi connectivity index (χ4n) is 1.99. The number of hydrogen-bond acceptors (Lipinski definition) is 3. The molecule has 1 aromatic heterocycles. The molecule has 0 fully saturated rings. The van der Waals surface area contributed by atoms with Gasteiger partial charge in [-0.25, -0.2) is 0 Å². The molecule has 2 aromatic rings. The molecule has 0 spiro atoms. The highest BCUT2D eigenvalue weighted by Gasteiger charge is 2.12. The molecule has 2 rings (SSSR count). The molecule has 0 saturated carbocycles. The molecule has 2 N–H and O–H groups in total. The number of halogens is 1. The lowest BCUT2D eigenvalue weighted by Crippen LogP contribution is -2.15. The Morgan fingerprint density at radius 2 is 2.05 bits per heavy atom. The number of hydrogen-bond donors (Lipinski definition) is 2. The average Bonchev–Trinajstić information content (AvgIpc) is 2.68. The maximum absolute atomic E-state index is 9.68. The van der Waals surface area contributed by atoms with Gasteiger partial charge in [-0.2, -0.15) is 5.10 Å². The molecule has 1 heterocycles. The number of para-hydroxylation sites is 1. The number of phenols is 1. The van der Waals surface area contributed by atoms with Gasteiger partial charge in [-0.05, 0) is 12.5 Å². The minimum absolute atomic E-state index is 0.306. The molecule has 4 nitrogen and oxygen atoms in total. The third-order valence-corrected chi connectivity index (χ3v) is 3.54. The van der Waals surface area contributed by atoms with E-state index in [4.69, 9.17) is 11.6 Å². The number of aryl methyl sites for hydroxylation is 2. The highest BCUT2D eigenvalue weighted by molar-refractivity contribution is 6.31. The molecule has 0 amide bonds. The van der Waals surface area contributed by atoms with E-state index >= 15 is 0 Å². The summed E-state index contributed by atoms with van der Waals surface area (Å²) in [6.07, 6.45) is 0.826. The summed E-state index contributed by atoms with van der Waals surface area (Å²) in [5.74, 6) is 0.306. The second kappa shape index (κ2) is 6.08. The van der Waals surface area contributed by atoms with Crippen molar-refractivity contribution in [1.82, 2.24) is 15.1 Å². The number of nitrogens with zero attached hydrogens (tertiary/aromatic N) is 2. The zero-order valence-electron chi connectivity index (χ0n) is 11.2. The largest absolute Gasteiger partial charge is 0.508 e. The summed E-state index contributed by atoms with van der Waals surface area (Å²) in [5.41, 5.74) is 2.76. The Balaban J connectivity index is 2.00. The van der Waals surface area contributed by atoms with Crippen LogP contribution in [0.3, 0.4) is 0 Å². The normalized spacial score (nSPS) is 10.9. The third kappa shape index (κ3) is 3.08. The Hall–Kier alpha value is -1.52. The first kappa shape index (κ1) is 13.9. The molecule has 0 aliphatic rings. The van der Waals surface area contributed by atoms with Crippen LogP contribution in [0.5, 0.6) is 5.75 Å². The van der Waals surface area contributed by atoms with E-state index < -0.39 is 0 Å². The van der Waals surface area contributed by atoms with E-state index in [1.807, 2.05) is 32.2 Å². The van der Waals surface area contributed by atoms with Crippen molar-refractivity contribution in [1.29, 1.82) is 0 Å². The van der Waals surface area contributed by atoms with Gasteiger partial charge in [-0.3, -0.25) is 4.68 Å². The van der Waals surface area contributed by atoms with Gasteiger partial charge in [0.15, 0.2) is 0 Å². The zero-order valence-corrected chi connectivity index (χ0v) is 11.9. The van der Waals surface area contributed by atoms with E-state index in [-0.39, 0.29) is 0 Å². The van der Waals surface area contributed by atoms with Crippen LogP contribution in [0.1, 0.15) is 23.9 Å². The number of nitrogens with one attached hydrogen (secondary N) is 1. The molecule has 0 atom stereocenters. The van der Waals surface area contributed by atoms with Crippen molar-refractivity contribution in [3.63, 3.8) is 0 Å². The van der Waals surface area contributed by atoms with Crippen molar-refractivity contribution < 1.29 is 5.11 Å². The molecule has 102 valence electrons. The molecule has 1 aromatic carbocycles. The summed E-state index contributed by atoms with van der Waals surface area (Å²) in [7, 11) is 1.89. The van der Waals surface area contributed by atoms with Crippen LogP contribution < -0.4 is 5.32 Å². The summed E-state index contributed by atoms with van der Waals surface area (Å²) in [6, 6.07) is 7.29. The Labute approximate surface area is 118 Å².